The molecule has 0 aliphatic heterocycles. The van der Waals surface area contributed by atoms with Gasteiger partial charge in [-0.15, -0.1) is 0 Å². The number of benzene rings is 2. The van der Waals surface area contributed by atoms with Crippen LogP contribution in [0.25, 0.3) is 0 Å². The van der Waals surface area contributed by atoms with E-state index >= 15 is 0 Å². The summed E-state index contributed by atoms with van der Waals surface area (Å²) in [4.78, 5) is 35.1. The summed E-state index contributed by atoms with van der Waals surface area (Å²) in [5.74, 6) is -2.72. The van der Waals surface area contributed by atoms with Gasteiger partial charge in [-0.05, 0) is 42.3 Å². The van der Waals surface area contributed by atoms with E-state index in [1.807, 2.05) is 61.5 Å². The summed E-state index contributed by atoms with van der Waals surface area (Å²) in [5.41, 5.74) is 7.24. The number of alkyl halides is 3. The predicted octanol–water partition coefficient (Wildman–Crippen LogP) is 5.55. The monoisotopic (exact) mass is 496 g/mol. The average Bonchev–Trinajstić information content (AvgIpc) is 2.80. The highest BCUT2D eigenvalue weighted by molar-refractivity contribution is 8.13. The van der Waals surface area contributed by atoms with Crippen LogP contribution in [0.15, 0.2) is 59.5 Å². The quantitative estimate of drug-likeness (QED) is 0.469. The van der Waals surface area contributed by atoms with E-state index in [1.54, 1.807) is 0 Å². The van der Waals surface area contributed by atoms with Crippen LogP contribution in [0.4, 0.5) is 18.9 Å². The van der Waals surface area contributed by atoms with E-state index in [0.29, 0.717) is 5.69 Å². The minimum absolute atomic E-state index is 0.0371. The third kappa shape index (κ3) is 7.88. The van der Waals surface area contributed by atoms with E-state index < -0.39 is 18.2 Å². The summed E-state index contributed by atoms with van der Waals surface area (Å²) >= 11 is 1.08. The molecule has 0 heterocycles. The van der Waals surface area contributed by atoms with E-state index in [4.69, 9.17) is 15.6 Å². The Kier molecular flexibility index (Phi) is 9.69. The fourth-order valence-corrected chi connectivity index (χ4v) is 4.32. The summed E-state index contributed by atoms with van der Waals surface area (Å²) in [6.07, 6.45) is 0.106. The minimum Gasteiger partial charge on any atom is -0.475 e. The van der Waals surface area contributed by atoms with Crippen LogP contribution in [0.1, 0.15) is 50.6 Å². The van der Waals surface area contributed by atoms with E-state index in [1.165, 1.54) is 6.42 Å². The molecule has 0 spiro atoms. The zero-order chi connectivity index (χ0) is 25.4. The zero-order valence-electron chi connectivity index (χ0n) is 18.6. The second-order valence-corrected chi connectivity index (χ2v) is 9.23. The molecular formula is C24H27F3N2O4S. The van der Waals surface area contributed by atoms with Crippen molar-refractivity contribution in [3.8, 4) is 0 Å². The average molecular weight is 497 g/mol. The van der Waals surface area contributed by atoms with Gasteiger partial charge in [0.25, 0.3) is 0 Å². The van der Waals surface area contributed by atoms with Crippen molar-refractivity contribution in [1.82, 2.24) is 0 Å². The first kappa shape index (κ1) is 27.4. The van der Waals surface area contributed by atoms with Gasteiger partial charge in [0.05, 0.1) is 5.69 Å². The molecule has 184 valence electrons. The lowest BCUT2D eigenvalue weighted by molar-refractivity contribution is -0.192. The highest BCUT2D eigenvalue weighted by atomic mass is 32.2. The predicted molar refractivity (Wildman–Crippen MR) is 124 cm³/mol. The standard InChI is InChI=1S/C22H26N2O2S.C2HF3O2/c1-22(14-8-3-9-15-22)21(26)24-17-12-6-7-13-18(17)27-20(25)19(23)16-10-4-2-5-11-16;3-2(4,5)1(6)7/h2,4-7,10-13,19H,3,8-9,14-15,23H2,1H3,(H,24,26);(H,6,7)/t19-;/m1./s1. The Balaban J connectivity index is 0.000000509. The summed E-state index contributed by atoms with van der Waals surface area (Å²) in [6.45, 7) is 2.04. The number of carbonyl (C=O) groups excluding carboxylic acids is 2. The van der Waals surface area contributed by atoms with Crippen LogP contribution < -0.4 is 11.1 Å². The number of halogens is 3. The van der Waals surface area contributed by atoms with Gasteiger partial charge in [0.15, 0.2) is 0 Å². The van der Waals surface area contributed by atoms with Gasteiger partial charge in [0, 0.05) is 10.3 Å². The summed E-state index contributed by atoms with van der Waals surface area (Å²) in [5, 5.41) is 10.0. The molecule has 1 saturated carbocycles. The second kappa shape index (κ2) is 12.0. The van der Waals surface area contributed by atoms with Gasteiger partial charge in [0.1, 0.15) is 6.04 Å². The molecule has 0 unspecified atom stereocenters. The molecule has 0 aromatic heterocycles. The maximum absolute atomic E-state index is 12.9. The lowest BCUT2D eigenvalue weighted by atomic mass is 9.75. The lowest BCUT2D eigenvalue weighted by Gasteiger charge is -2.32. The number of nitrogens with two attached hydrogens (primary N) is 1. The smallest absolute Gasteiger partial charge is 0.475 e. The zero-order valence-corrected chi connectivity index (χ0v) is 19.4. The fourth-order valence-electron chi connectivity index (χ4n) is 3.46. The van der Waals surface area contributed by atoms with Gasteiger partial charge in [0.2, 0.25) is 11.0 Å². The molecule has 3 rings (SSSR count). The molecule has 6 nitrogen and oxygen atoms in total. The molecule has 1 aliphatic rings. The molecule has 1 fully saturated rings. The number of carboxylic acids is 1. The van der Waals surface area contributed by atoms with Crippen LogP contribution in [0, 0.1) is 5.41 Å². The summed E-state index contributed by atoms with van der Waals surface area (Å²) < 4.78 is 31.7. The Morgan fingerprint density at radius 2 is 1.53 bits per heavy atom. The Hall–Kier alpha value is -2.85. The van der Waals surface area contributed by atoms with Gasteiger partial charge in [-0.1, -0.05) is 68.7 Å². The number of amides is 1. The number of anilines is 1. The second-order valence-electron chi connectivity index (χ2n) is 8.18. The Morgan fingerprint density at radius 1 is 1.00 bits per heavy atom. The van der Waals surface area contributed by atoms with Crippen LogP contribution >= 0.6 is 11.8 Å². The molecule has 0 saturated heterocycles. The number of hydrogen-bond donors (Lipinski definition) is 3. The van der Waals surface area contributed by atoms with E-state index in [9.17, 15) is 22.8 Å². The van der Waals surface area contributed by atoms with Crippen molar-refractivity contribution < 1.29 is 32.7 Å². The largest absolute Gasteiger partial charge is 0.490 e. The van der Waals surface area contributed by atoms with Crippen LogP contribution in [-0.2, 0) is 14.4 Å². The number of thioether (sulfide) groups is 1. The van der Waals surface area contributed by atoms with Gasteiger partial charge in [-0.3, -0.25) is 9.59 Å². The molecule has 1 amide bonds. The Bertz CT molecular complexity index is 993. The third-order valence-electron chi connectivity index (χ3n) is 5.51. The first-order valence-corrected chi connectivity index (χ1v) is 11.5. The van der Waals surface area contributed by atoms with Crippen molar-refractivity contribution >= 4 is 34.4 Å². The summed E-state index contributed by atoms with van der Waals surface area (Å²) in [7, 11) is 0. The maximum Gasteiger partial charge on any atom is 0.490 e. The Labute approximate surface area is 200 Å². The highest BCUT2D eigenvalue weighted by Gasteiger charge is 2.38. The number of rotatable bonds is 5. The number of carbonyl (C=O) groups is 3. The molecule has 34 heavy (non-hydrogen) atoms. The molecule has 1 aliphatic carbocycles. The molecular weight excluding hydrogens is 469 g/mol. The van der Waals surface area contributed by atoms with Gasteiger partial charge >= 0.3 is 12.1 Å². The van der Waals surface area contributed by atoms with Crippen LogP contribution in [0.3, 0.4) is 0 Å². The topological polar surface area (TPSA) is 109 Å². The first-order valence-electron chi connectivity index (χ1n) is 10.7. The molecule has 0 bridgehead atoms. The first-order chi connectivity index (χ1) is 15.9. The summed E-state index contributed by atoms with van der Waals surface area (Å²) in [6, 6.07) is 16.0. The van der Waals surface area contributed by atoms with Crippen molar-refractivity contribution in [2.24, 2.45) is 11.1 Å². The van der Waals surface area contributed by atoms with Crippen LogP contribution in [-0.4, -0.2) is 28.3 Å². The number of nitrogens with one attached hydrogen (secondary N) is 1. The van der Waals surface area contributed by atoms with Gasteiger partial charge in [-0.25, -0.2) is 4.79 Å². The normalized spacial score (nSPS) is 15.9. The Morgan fingerprint density at radius 3 is 2.09 bits per heavy atom. The van der Waals surface area contributed by atoms with E-state index in [0.717, 1.165) is 47.9 Å². The fraction of sp³-hybridized carbons (Fsp3) is 0.375. The van der Waals surface area contributed by atoms with Gasteiger partial charge < -0.3 is 16.2 Å². The minimum atomic E-state index is -5.08. The lowest BCUT2D eigenvalue weighted by Crippen LogP contribution is -2.35. The number of carboxylic acid groups (broad SMARTS) is 1. The van der Waals surface area contributed by atoms with Crippen LogP contribution in [0.2, 0.25) is 0 Å². The number of para-hydroxylation sites is 1. The van der Waals surface area contributed by atoms with Crippen molar-refractivity contribution in [3.63, 3.8) is 0 Å². The van der Waals surface area contributed by atoms with E-state index in [-0.39, 0.29) is 16.4 Å². The van der Waals surface area contributed by atoms with Crippen molar-refractivity contribution in [2.75, 3.05) is 5.32 Å². The third-order valence-corrected chi connectivity index (χ3v) is 6.54. The molecule has 2 aromatic carbocycles. The maximum atomic E-state index is 12.9. The SMILES string of the molecule is CC1(C(=O)Nc2ccccc2SC(=O)[C@H](N)c2ccccc2)CCCCC1.O=C(O)C(F)(F)F. The van der Waals surface area contributed by atoms with E-state index in [2.05, 4.69) is 5.32 Å². The number of aliphatic carboxylic acids is 1. The van der Waals surface area contributed by atoms with Gasteiger partial charge in [-0.2, -0.15) is 13.2 Å². The van der Waals surface area contributed by atoms with Crippen molar-refractivity contribution in [2.45, 2.75) is 56.1 Å². The number of hydrogen-bond acceptors (Lipinski definition) is 5. The molecule has 10 heteroatoms. The molecule has 4 N–H and O–H groups in total. The van der Waals surface area contributed by atoms with Crippen molar-refractivity contribution in [3.05, 3.63) is 60.2 Å². The molecule has 1 atom stereocenters. The van der Waals surface area contributed by atoms with Crippen molar-refractivity contribution in [1.29, 1.82) is 0 Å². The highest BCUT2D eigenvalue weighted by Crippen LogP contribution is 2.38. The molecule has 0 radical (unpaired) electrons. The van der Waals surface area contributed by atoms with Crippen LogP contribution in [0.5, 0.6) is 0 Å². The molecule has 2 aromatic rings.